The summed E-state index contributed by atoms with van der Waals surface area (Å²) in [4.78, 5) is 10.5. The fourth-order valence-electron chi connectivity index (χ4n) is 1.72. The van der Waals surface area contributed by atoms with Gasteiger partial charge in [0.1, 0.15) is 0 Å². The number of aliphatic carboxylic acids is 1. The van der Waals surface area contributed by atoms with Crippen LogP contribution in [0.4, 0.5) is 0 Å². The molecule has 0 radical (unpaired) electrons. The molecule has 0 amide bonds. The number of ether oxygens (including phenoxy) is 2. The van der Waals surface area contributed by atoms with Crippen molar-refractivity contribution in [2.24, 2.45) is 0 Å². The summed E-state index contributed by atoms with van der Waals surface area (Å²) in [7, 11) is 0. The second kappa shape index (κ2) is 4.91. The van der Waals surface area contributed by atoms with Gasteiger partial charge >= 0.3 is 5.97 Å². The van der Waals surface area contributed by atoms with E-state index in [2.05, 4.69) is 6.58 Å². The maximum atomic E-state index is 10.5. The Hall–Kier alpha value is -1.97. The third-order valence-electron chi connectivity index (χ3n) is 2.61. The number of carbonyl (C=O) groups is 1. The van der Waals surface area contributed by atoms with Gasteiger partial charge in [-0.25, -0.2) is 0 Å². The number of carboxylic acids is 1. The molecule has 1 aliphatic heterocycles. The van der Waals surface area contributed by atoms with E-state index in [1.54, 1.807) is 0 Å². The summed E-state index contributed by atoms with van der Waals surface area (Å²) in [6.07, 6.45) is 1.47. The third-order valence-corrected chi connectivity index (χ3v) is 2.61. The van der Waals surface area contributed by atoms with Crippen LogP contribution in [0.1, 0.15) is 18.4 Å². The molecule has 0 bridgehead atoms. The van der Waals surface area contributed by atoms with Crippen LogP contribution < -0.4 is 9.47 Å². The molecule has 90 valence electrons. The molecule has 2 rings (SSSR count). The molecule has 0 atom stereocenters. The van der Waals surface area contributed by atoms with Crippen LogP contribution in [-0.4, -0.2) is 17.9 Å². The first-order valence-corrected chi connectivity index (χ1v) is 5.42. The zero-order valence-electron chi connectivity index (χ0n) is 9.44. The SMILES string of the molecule is C=C(CCc1ccc2c(c1)OCO2)CC(=O)O. The van der Waals surface area contributed by atoms with Crippen molar-refractivity contribution < 1.29 is 19.4 Å². The number of carboxylic acid groups (broad SMARTS) is 1. The van der Waals surface area contributed by atoms with Gasteiger partial charge in [-0.05, 0) is 30.5 Å². The fraction of sp³-hybridized carbons (Fsp3) is 0.308. The Labute approximate surface area is 99.5 Å². The predicted octanol–water partition coefficient (Wildman–Crippen LogP) is 2.38. The summed E-state index contributed by atoms with van der Waals surface area (Å²) in [5.41, 5.74) is 1.83. The van der Waals surface area contributed by atoms with E-state index in [1.807, 2.05) is 18.2 Å². The lowest BCUT2D eigenvalue weighted by atomic mass is 10.0. The molecule has 0 aromatic heterocycles. The van der Waals surface area contributed by atoms with E-state index in [0.717, 1.165) is 29.1 Å². The summed E-state index contributed by atoms with van der Waals surface area (Å²) in [5.74, 6) is 0.685. The highest BCUT2D eigenvalue weighted by molar-refractivity contribution is 5.69. The van der Waals surface area contributed by atoms with E-state index in [1.165, 1.54) is 0 Å². The topological polar surface area (TPSA) is 55.8 Å². The first-order chi connectivity index (χ1) is 8.15. The van der Waals surface area contributed by atoms with E-state index < -0.39 is 5.97 Å². The minimum absolute atomic E-state index is 0.0323. The van der Waals surface area contributed by atoms with Crippen LogP contribution in [-0.2, 0) is 11.2 Å². The molecule has 0 unspecified atom stereocenters. The van der Waals surface area contributed by atoms with Crippen LogP contribution in [0.2, 0.25) is 0 Å². The number of hydrogen-bond donors (Lipinski definition) is 1. The normalized spacial score (nSPS) is 12.5. The van der Waals surface area contributed by atoms with E-state index in [-0.39, 0.29) is 13.2 Å². The standard InChI is InChI=1S/C13H14O4/c1-9(6-13(14)15)2-3-10-4-5-11-12(7-10)17-8-16-11/h4-5,7H,1-3,6,8H2,(H,14,15). The summed E-state index contributed by atoms with van der Waals surface area (Å²) >= 11 is 0. The Bertz CT molecular complexity index is 451. The van der Waals surface area contributed by atoms with Gasteiger partial charge in [0.2, 0.25) is 6.79 Å². The smallest absolute Gasteiger partial charge is 0.307 e. The van der Waals surface area contributed by atoms with Gasteiger partial charge in [0.25, 0.3) is 0 Å². The van der Waals surface area contributed by atoms with Gasteiger partial charge in [-0.2, -0.15) is 0 Å². The average molecular weight is 234 g/mol. The first-order valence-electron chi connectivity index (χ1n) is 5.42. The fourth-order valence-corrected chi connectivity index (χ4v) is 1.72. The molecule has 4 nitrogen and oxygen atoms in total. The largest absolute Gasteiger partial charge is 0.481 e. The van der Waals surface area contributed by atoms with Gasteiger partial charge in [-0.1, -0.05) is 18.2 Å². The highest BCUT2D eigenvalue weighted by Crippen LogP contribution is 2.32. The molecule has 1 heterocycles. The maximum absolute atomic E-state index is 10.5. The number of aryl methyl sites for hydroxylation is 1. The Morgan fingerprint density at radius 3 is 2.88 bits per heavy atom. The second-order valence-corrected chi connectivity index (χ2v) is 4.01. The molecular formula is C13H14O4. The van der Waals surface area contributed by atoms with E-state index in [4.69, 9.17) is 14.6 Å². The summed E-state index contributed by atoms with van der Waals surface area (Å²) in [6, 6.07) is 5.76. The lowest BCUT2D eigenvalue weighted by Crippen LogP contribution is -1.97. The lowest BCUT2D eigenvalue weighted by molar-refractivity contribution is -0.136. The molecule has 0 fully saturated rings. The number of hydrogen-bond acceptors (Lipinski definition) is 3. The van der Waals surface area contributed by atoms with Crippen molar-refractivity contribution in [3.8, 4) is 11.5 Å². The monoisotopic (exact) mass is 234 g/mol. The van der Waals surface area contributed by atoms with Gasteiger partial charge in [0, 0.05) is 0 Å². The van der Waals surface area contributed by atoms with Crippen molar-refractivity contribution in [1.82, 2.24) is 0 Å². The van der Waals surface area contributed by atoms with Crippen molar-refractivity contribution in [3.05, 3.63) is 35.9 Å². The van der Waals surface area contributed by atoms with Crippen molar-refractivity contribution in [1.29, 1.82) is 0 Å². The molecule has 0 saturated carbocycles. The zero-order valence-corrected chi connectivity index (χ0v) is 9.44. The molecule has 1 N–H and O–H groups in total. The molecular weight excluding hydrogens is 220 g/mol. The number of fused-ring (bicyclic) bond motifs is 1. The zero-order chi connectivity index (χ0) is 12.3. The maximum Gasteiger partial charge on any atom is 0.307 e. The Kier molecular flexibility index (Phi) is 3.32. The molecule has 1 aromatic carbocycles. The number of benzene rings is 1. The Balaban J connectivity index is 1.91. The van der Waals surface area contributed by atoms with E-state index >= 15 is 0 Å². The molecule has 1 aliphatic rings. The minimum atomic E-state index is -0.833. The highest BCUT2D eigenvalue weighted by atomic mass is 16.7. The van der Waals surface area contributed by atoms with Crippen LogP contribution in [0.3, 0.4) is 0 Å². The minimum Gasteiger partial charge on any atom is -0.481 e. The van der Waals surface area contributed by atoms with Gasteiger partial charge in [0.05, 0.1) is 6.42 Å². The molecule has 0 aliphatic carbocycles. The Morgan fingerprint density at radius 2 is 2.12 bits per heavy atom. The van der Waals surface area contributed by atoms with Crippen LogP contribution in [0.25, 0.3) is 0 Å². The molecule has 4 heteroatoms. The van der Waals surface area contributed by atoms with Crippen LogP contribution >= 0.6 is 0 Å². The average Bonchev–Trinajstić information content (AvgIpc) is 2.72. The molecule has 17 heavy (non-hydrogen) atoms. The second-order valence-electron chi connectivity index (χ2n) is 4.01. The van der Waals surface area contributed by atoms with Crippen LogP contribution in [0.15, 0.2) is 30.4 Å². The van der Waals surface area contributed by atoms with E-state index in [0.29, 0.717) is 6.42 Å². The van der Waals surface area contributed by atoms with Crippen molar-refractivity contribution in [2.45, 2.75) is 19.3 Å². The van der Waals surface area contributed by atoms with E-state index in [9.17, 15) is 4.79 Å². The summed E-state index contributed by atoms with van der Waals surface area (Å²) < 4.78 is 10.5. The first kappa shape index (κ1) is 11.5. The van der Waals surface area contributed by atoms with Crippen molar-refractivity contribution >= 4 is 5.97 Å². The number of rotatable bonds is 5. The summed E-state index contributed by atoms with van der Waals surface area (Å²) in [5, 5.41) is 8.61. The third kappa shape index (κ3) is 3.00. The van der Waals surface area contributed by atoms with Gasteiger partial charge in [-0.3, -0.25) is 4.79 Å². The van der Waals surface area contributed by atoms with Crippen molar-refractivity contribution in [2.75, 3.05) is 6.79 Å². The highest BCUT2D eigenvalue weighted by Gasteiger charge is 2.13. The predicted molar refractivity (Wildman–Crippen MR) is 62.3 cm³/mol. The molecule has 0 saturated heterocycles. The van der Waals surface area contributed by atoms with Crippen molar-refractivity contribution in [3.63, 3.8) is 0 Å². The Morgan fingerprint density at radius 1 is 1.35 bits per heavy atom. The molecule has 0 spiro atoms. The lowest BCUT2D eigenvalue weighted by Gasteiger charge is -2.04. The van der Waals surface area contributed by atoms with Crippen LogP contribution in [0.5, 0.6) is 11.5 Å². The van der Waals surface area contributed by atoms with Gasteiger partial charge in [-0.15, -0.1) is 0 Å². The van der Waals surface area contributed by atoms with Crippen LogP contribution in [0, 0.1) is 0 Å². The van der Waals surface area contributed by atoms with Gasteiger partial charge < -0.3 is 14.6 Å². The quantitative estimate of drug-likeness (QED) is 0.795. The van der Waals surface area contributed by atoms with Gasteiger partial charge in [0.15, 0.2) is 11.5 Å². The molecule has 1 aromatic rings. The summed E-state index contributed by atoms with van der Waals surface area (Å²) in [6.45, 7) is 4.01.